The lowest BCUT2D eigenvalue weighted by Crippen LogP contribution is -2.29. The highest BCUT2D eigenvalue weighted by Crippen LogP contribution is 2.28. The van der Waals surface area contributed by atoms with E-state index in [1.165, 1.54) is 5.56 Å². The fourth-order valence-corrected chi connectivity index (χ4v) is 2.07. The number of aliphatic imine (C=N–C) groups is 1. The second-order valence-electron chi connectivity index (χ2n) is 4.09. The van der Waals surface area contributed by atoms with Gasteiger partial charge in [-0.2, -0.15) is 0 Å². The number of ether oxygens (including phenoxy) is 1. The zero-order valence-electron chi connectivity index (χ0n) is 9.89. The van der Waals surface area contributed by atoms with Gasteiger partial charge in [0.2, 0.25) is 0 Å². The Labute approximate surface area is 96.7 Å². The van der Waals surface area contributed by atoms with Gasteiger partial charge in [0.1, 0.15) is 5.75 Å². The maximum atomic E-state index is 5.66. The molecule has 1 aromatic carbocycles. The van der Waals surface area contributed by atoms with Crippen molar-refractivity contribution in [1.82, 2.24) is 4.90 Å². The van der Waals surface area contributed by atoms with Crippen molar-refractivity contribution in [1.29, 1.82) is 0 Å². The Morgan fingerprint density at radius 3 is 3.00 bits per heavy atom. The molecule has 3 heteroatoms. The minimum Gasteiger partial charge on any atom is -0.494 e. The summed E-state index contributed by atoms with van der Waals surface area (Å²) in [6.07, 6.45) is 1.90. The molecule has 1 heterocycles. The summed E-state index contributed by atoms with van der Waals surface area (Å²) in [4.78, 5) is 6.48. The molecule has 1 aliphatic heterocycles. The van der Waals surface area contributed by atoms with Crippen LogP contribution in [-0.2, 0) is 0 Å². The van der Waals surface area contributed by atoms with E-state index in [-0.39, 0.29) is 0 Å². The summed E-state index contributed by atoms with van der Waals surface area (Å²) in [5, 5.41) is 0. The lowest BCUT2D eigenvalue weighted by molar-refractivity contribution is 0.330. The van der Waals surface area contributed by atoms with Crippen molar-refractivity contribution in [2.75, 3.05) is 26.7 Å². The van der Waals surface area contributed by atoms with E-state index in [0.29, 0.717) is 12.5 Å². The standard InChI is InChI=1S/C13H18N2O/c1-3-16-13-7-5-4-6-12(13)11-8-14-10-15(2)9-11/h4-7,10-11H,3,8-9H2,1-2H3. The average Bonchev–Trinajstić information content (AvgIpc) is 2.30. The summed E-state index contributed by atoms with van der Waals surface area (Å²) in [6.45, 7) is 4.59. The molecular weight excluding hydrogens is 200 g/mol. The van der Waals surface area contributed by atoms with Crippen LogP contribution >= 0.6 is 0 Å². The van der Waals surface area contributed by atoms with Crippen molar-refractivity contribution >= 4 is 6.34 Å². The first-order valence-corrected chi connectivity index (χ1v) is 5.73. The topological polar surface area (TPSA) is 24.8 Å². The van der Waals surface area contributed by atoms with Gasteiger partial charge in [-0.05, 0) is 13.0 Å². The molecule has 0 radical (unpaired) electrons. The lowest BCUT2D eigenvalue weighted by Gasteiger charge is -2.26. The van der Waals surface area contributed by atoms with E-state index >= 15 is 0 Å². The highest BCUT2D eigenvalue weighted by atomic mass is 16.5. The number of likely N-dealkylation sites (N-methyl/N-ethyl adjacent to an activating group) is 1. The summed E-state index contributed by atoms with van der Waals surface area (Å²) in [5.74, 6) is 1.44. The van der Waals surface area contributed by atoms with Crippen LogP contribution in [0.4, 0.5) is 0 Å². The third-order valence-corrected chi connectivity index (χ3v) is 2.77. The fraction of sp³-hybridized carbons (Fsp3) is 0.462. The molecule has 0 N–H and O–H groups in total. The van der Waals surface area contributed by atoms with Crippen LogP contribution in [0.5, 0.6) is 5.75 Å². The van der Waals surface area contributed by atoms with Gasteiger partial charge in [-0.1, -0.05) is 18.2 Å². The van der Waals surface area contributed by atoms with Crippen LogP contribution in [-0.4, -0.2) is 38.0 Å². The molecule has 0 spiro atoms. The molecule has 1 atom stereocenters. The van der Waals surface area contributed by atoms with Crippen molar-refractivity contribution in [3.05, 3.63) is 29.8 Å². The Morgan fingerprint density at radius 2 is 2.25 bits per heavy atom. The van der Waals surface area contributed by atoms with Gasteiger partial charge in [0.15, 0.2) is 0 Å². The van der Waals surface area contributed by atoms with E-state index in [9.17, 15) is 0 Å². The molecule has 0 bridgehead atoms. The third-order valence-electron chi connectivity index (χ3n) is 2.77. The zero-order valence-corrected chi connectivity index (χ0v) is 9.89. The Hall–Kier alpha value is -1.51. The Balaban J connectivity index is 2.22. The monoisotopic (exact) mass is 218 g/mol. The van der Waals surface area contributed by atoms with Crippen LogP contribution in [0, 0.1) is 0 Å². The van der Waals surface area contributed by atoms with E-state index in [1.807, 2.05) is 25.4 Å². The Kier molecular flexibility index (Phi) is 3.44. The number of hydrogen-bond donors (Lipinski definition) is 0. The highest BCUT2D eigenvalue weighted by Gasteiger charge is 2.19. The number of hydrogen-bond acceptors (Lipinski definition) is 3. The van der Waals surface area contributed by atoms with E-state index < -0.39 is 0 Å². The molecule has 1 aromatic rings. The maximum Gasteiger partial charge on any atom is 0.122 e. The van der Waals surface area contributed by atoms with E-state index in [4.69, 9.17) is 4.74 Å². The third kappa shape index (κ3) is 2.35. The summed E-state index contributed by atoms with van der Waals surface area (Å²) in [6, 6.07) is 8.27. The second-order valence-corrected chi connectivity index (χ2v) is 4.09. The second kappa shape index (κ2) is 5.01. The molecular formula is C13H18N2O. The summed E-state index contributed by atoms with van der Waals surface area (Å²) >= 11 is 0. The quantitative estimate of drug-likeness (QED) is 0.776. The van der Waals surface area contributed by atoms with Gasteiger partial charge in [-0.25, -0.2) is 0 Å². The molecule has 3 nitrogen and oxygen atoms in total. The van der Waals surface area contributed by atoms with Gasteiger partial charge in [0, 0.05) is 31.6 Å². The van der Waals surface area contributed by atoms with Crippen LogP contribution in [0.1, 0.15) is 18.4 Å². The minimum absolute atomic E-state index is 0.442. The molecule has 0 aliphatic carbocycles. The first kappa shape index (κ1) is 11.0. The van der Waals surface area contributed by atoms with Gasteiger partial charge >= 0.3 is 0 Å². The van der Waals surface area contributed by atoms with Gasteiger partial charge in [0.05, 0.1) is 12.9 Å². The van der Waals surface area contributed by atoms with Crippen LogP contribution in [0.3, 0.4) is 0 Å². The molecule has 16 heavy (non-hydrogen) atoms. The van der Waals surface area contributed by atoms with Gasteiger partial charge in [0.25, 0.3) is 0 Å². The Morgan fingerprint density at radius 1 is 1.44 bits per heavy atom. The van der Waals surface area contributed by atoms with Crippen molar-refractivity contribution in [2.24, 2.45) is 4.99 Å². The largest absolute Gasteiger partial charge is 0.494 e. The molecule has 2 rings (SSSR count). The van der Waals surface area contributed by atoms with E-state index in [1.54, 1.807) is 0 Å². The van der Waals surface area contributed by atoms with Gasteiger partial charge < -0.3 is 9.64 Å². The molecule has 0 amide bonds. The van der Waals surface area contributed by atoms with Crippen molar-refractivity contribution < 1.29 is 4.74 Å². The summed E-state index contributed by atoms with van der Waals surface area (Å²) in [7, 11) is 2.05. The predicted octanol–water partition coefficient (Wildman–Crippen LogP) is 2.14. The van der Waals surface area contributed by atoms with E-state index in [0.717, 1.165) is 18.8 Å². The predicted molar refractivity (Wildman–Crippen MR) is 66.3 cm³/mol. The molecule has 1 aliphatic rings. The Bertz CT molecular complexity index is 376. The lowest BCUT2D eigenvalue weighted by atomic mass is 9.97. The molecule has 0 fully saturated rings. The summed E-state index contributed by atoms with van der Waals surface area (Å²) < 4.78 is 5.66. The van der Waals surface area contributed by atoms with Crippen molar-refractivity contribution in [3.63, 3.8) is 0 Å². The number of nitrogens with zero attached hydrogens (tertiary/aromatic N) is 2. The zero-order chi connectivity index (χ0) is 11.4. The average molecular weight is 218 g/mol. The van der Waals surface area contributed by atoms with E-state index in [2.05, 4.69) is 29.1 Å². The van der Waals surface area contributed by atoms with Crippen molar-refractivity contribution in [3.8, 4) is 5.75 Å². The number of benzene rings is 1. The van der Waals surface area contributed by atoms with Gasteiger partial charge in [-0.15, -0.1) is 0 Å². The molecule has 0 saturated carbocycles. The fourth-order valence-electron chi connectivity index (χ4n) is 2.07. The first-order valence-electron chi connectivity index (χ1n) is 5.73. The van der Waals surface area contributed by atoms with Crippen molar-refractivity contribution in [2.45, 2.75) is 12.8 Å². The normalized spacial score (nSPS) is 19.9. The van der Waals surface area contributed by atoms with Crippen LogP contribution < -0.4 is 4.74 Å². The molecule has 86 valence electrons. The molecule has 0 saturated heterocycles. The van der Waals surface area contributed by atoms with Crippen LogP contribution in [0.25, 0.3) is 0 Å². The SMILES string of the molecule is CCOc1ccccc1C1CN=CN(C)C1. The highest BCUT2D eigenvalue weighted by molar-refractivity contribution is 5.56. The number of rotatable bonds is 3. The first-order chi connectivity index (χ1) is 7.81. The molecule has 0 aromatic heterocycles. The minimum atomic E-state index is 0.442. The maximum absolute atomic E-state index is 5.66. The molecule has 1 unspecified atom stereocenters. The smallest absolute Gasteiger partial charge is 0.122 e. The van der Waals surface area contributed by atoms with Gasteiger partial charge in [-0.3, -0.25) is 4.99 Å². The van der Waals surface area contributed by atoms with Crippen LogP contribution in [0.2, 0.25) is 0 Å². The summed E-state index contributed by atoms with van der Waals surface area (Å²) in [5.41, 5.74) is 1.27. The van der Waals surface area contributed by atoms with Crippen LogP contribution in [0.15, 0.2) is 29.3 Å². The number of para-hydroxylation sites is 1.